The second-order valence-corrected chi connectivity index (χ2v) is 6.46. The average Bonchev–Trinajstić information content (AvgIpc) is 2.43. The van der Waals surface area contributed by atoms with Gasteiger partial charge in [0.05, 0.1) is 6.42 Å². The molecular weight excluding hydrogens is 326 g/mol. The Morgan fingerprint density at radius 2 is 1.81 bits per heavy atom. The number of hydrogen-bond acceptors (Lipinski definition) is 1. The molecule has 0 heterocycles. The van der Waals surface area contributed by atoms with Gasteiger partial charge in [-0.1, -0.05) is 60.1 Å². The number of halogens is 1. The number of carbonyl (C=O) groups is 1. The number of rotatable bonds is 4. The average molecular weight is 346 g/mol. The number of anilines is 1. The number of aryl methyl sites for hydroxylation is 1. The summed E-state index contributed by atoms with van der Waals surface area (Å²) in [4.78, 5) is 12.3. The molecule has 21 heavy (non-hydrogen) atoms. The number of nitrogens with one attached hydrogen (secondary N) is 1. The first-order valence-electron chi connectivity index (χ1n) is 7.11. The van der Waals surface area contributed by atoms with Crippen LogP contribution in [0.2, 0.25) is 0 Å². The molecule has 0 aliphatic carbocycles. The molecular formula is C18H20BrNO. The van der Waals surface area contributed by atoms with Crippen molar-refractivity contribution in [3.8, 4) is 0 Å². The maximum absolute atomic E-state index is 12.3. The van der Waals surface area contributed by atoms with Gasteiger partial charge in [0.2, 0.25) is 5.91 Å². The molecule has 2 aromatic rings. The molecule has 1 N–H and O–H groups in total. The van der Waals surface area contributed by atoms with Crippen LogP contribution in [0.5, 0.6) is 0 Å². The van der Waals surface area contributed by atoms with Crippen LogP contribution in [0.1, 0.15) is 36.5 Å². The first-order chi connectivity index (χ1) is 9.97. The number of amides is 1. The summed E-state index contributed by atoms with van der Waals surface area (Å²) in [7, 11) is 0. The Morgan fingerprint density at radius 3 is 2.43 bits per heavy atom. The van der Waals surface area contributed by atoms with Crippen molar-refractivity contribution in [2.24, 2.45) is 0 Å². The third-order valence-corrected chi connectivity index (χ3v) is 4.00. The second kappa shape index (κ2) is 6.90. The van der Waals surface area contributed by atoms with E-state index in [0.717, 1.165) is 21.3 Å². The predicted octanol–water partition coefficient (Wildman–Crippen LogP) is 5.06. The van der Waals surface area contributed by atoms with E-state index in [9.17, 15) is 4.79 Å². The standard InChI is InChI=1S/C18H20BrNO/c1-12(2)16-6-4-5-13(3)18(16)20-17(21)11-14-7-9-15(19)10-8-14/h4-10,12H,11H2,1-3H3,(H,20,21). The van der Waals surface area contributed by atoms with Gasteiger partial charge in [0, 0.05) is 10.2 Å². The van der Waals surface area contributed by atoms with E-state index in [0.29, 0.717) is 12.3 Å². The van der Waals surface area contributed by atoms with Crippen molar-refractivity contribution in [2.75, 3.05) is 5.32 Å². The maximum Gasteiger partial charge on any atom is 0.228 e. The van der Waals surface area contributed by atoms with Gasteiger partial charge >= 0.3 is 0 Å². The highest BCUT2D eigenvalue weighted by Crippen LogP contribution is 2.27. The third-order valence-electron chi connectivity index (χ3n) is 3.47. The molecule has 0 saturated carbocycles. The Kier molecular flexibility index (Phi) is 5.18. The van der Waals surface area contributed by atoms with Crippen molar-refractivity contribution >= 4 is 27.5 Å². The summed E-state index contributed by atoms with van der Waals surface area (Å²) in [6.45, 7) is 6.30. The minimum absolute atomic E-state index is 0.0218. The van der Waals surface area contributed by atoms with E-state index in [1.807, 2.05) is 43.3 Å². The Hall–Kier alpha value is -1.61. The topological polar surface area (TPSA) is 29.1 Å². The van der Waals surface area contributed by atoms with Crippen molar-refractivity contribution in [1.82, 2.24) is 0 Å². The number of benzene rings is 2. The van der Waals surface area contributed by atoms with Gasteiger partial charge in [-0.25, -0.2) is 0 Å². The summed E-state index contributed by atoms with van der Waals surface area (Å²) in [5.74, 6) is 0.404. The van der Waals surface area contributed by atoms with Gasteiger partial charge in [-0.3, -0.25) is 4.79 Å². The van der Waals surface area contributed by atoms with Crippen LogP contribution in [0.25, 0.3) is 0 Å². The lowest BCUT2D eigenvalue weighted by Gasteiger charge is -2.16. The van der Waals surface area contributed by atoms with E-state index >= 15 is 0 Å². The van der Waals surface area contributed by atoms with Crippen LogP contribution in [0.4, 0.5) is 5.69 Å². The van der Waals surface area contributed by atoms with E-state index < -0.39 is 0 Å². The van der Waals surface area contributed by atoms with Crippen molar-refractivity contribution in [3.05, 3.63) is 63.6 Å². The van der Waals surface area contributed by atoms with Gasteiger partial charge in [0.25, 0.3) is 0 Å². The fourth-order valence-electron chi connectivity index (χ4n) is 2.31. The number of hydrogen-bond donors (Lipinski definition) is 1. The van der Waals surface area contributed by atoms with Gasteiger partial charge in [-0.2, -0.15) is 0 Å². The lowest BCUT2D eigenvalue weighted by Crippen LogP contribution is -2.16. The number of carbonyl (C=O) groups excluding carboxylic acids is 1. The van der Waals surface area contributed by atoms with Crippen LogP contribution in [0.3, 0.4) is 0 Å². The SMILES string of the molecule is Cc1cccc(C(C)C)c1NC(=O)Cc1ccc(Br)cc1. The quantitative estimate of drug-likeness (QED) is 0.824. The van der Waals surface area contributed by atoms with Gasteiger partial charge < -0.3 is 5.32 Å². The molecule has 0 saturated heterocycles. The fraction of sp³-hybridized carbons (Fsp3) is 0.278. The largest absolute Gasteiger partial charge is 0.325 e. The summed E-state index contributed by atoms with van der Waals surface area (Å²) < 4.78 is 1.02. The molecule has 3 heteroatoms. The van der Waals surface area contributed by atoms with Crippen LogP contribution in [-0.2, 0) is 11.2 Å². The van der Waals surface area contributed by atoms with Crippen molar-refractivity contribution in [1.29, 1.82) is 0 Å². The van der Waals surface area contributed by atoms with E-state index in [2.05, 4.69) is 41.2 Å². The third kappa shape index (κ3) is 4.18. The van der Waals surface area contributed by atoms with Crippen LogP contribution >= 0.6 is 15.9 Å². The molecule has 0 spiro atoms. The summed E-state index contributed by atoms with van der Waals surface area (Å²) in [5.41, 5.74) is 4.24. The van der Waals surface area contributed by atoms with Crippen molar-refractivity contribution < 1.29 is 4.79 Å². The fourth-order valence-corrected chi connectivity index (χ4v) is 2.58. The van der Waals surface area contributed by atoms with E-state index in [1.54, 1.807) is 0 Å². The molecule has 1 amide bonds. The molecule has 2 rings (SSSR count). The minimum Gasteiger partial charge on any atom is -0.325 e. The van der Waals surface area contributed by atoms with Crippen LogP contribution in [-0.4, -0.2) is 5.91 Å². The van der Waals surface area contributed by atoms with Gasteiger partial charge in [-0.15, -0.1) is 0 Å². The summed E-state index contributed by atoms with van der Waals surface area (Å²) in [5, 5.41) is 3.07. The smallest absolute Gasteiger partial charge is 0.228 e. The number of para-hydroxylation sites is 1. The Morgan fingerprint density at radius 1 is 1.14 bits per heavy atom. The Bertz CT molecular complexity index is 632. The predicted molar refractivity (Wildman–Crippen MR) is 91.7 cm³/mol. The molecule has 0 aliphatic heterocycles. The van der Waals surface area contributed by atoms with Crippen LogP contribution < -0.4 is 5.32 Å². The lowest BCUT2D eigenvalue weighted by molar-refractivity contribution is -0.115. The highest BCUT2D eigenvalue weighted by atomic mass is 79.9. The highest BCUT2D eigenvalue weighted by Gasteiger charge is 2.12. The molecule has 0 fully saturated rings. The molecule has 0 aliphatic rings. The monoisotopic (exact) mass is 345 g/mol. The molecule has 0 bridgehead atoms. The van der Waals surface area contributed by atoms with Crippen molar-refractivity contribution in [2.45, 2.75) is 33.1 Å². The second-order valence-electron chi connectivity index (χ2n) is 5.55. The first-order valence-corrected chi connectivity index (χ1v) is 7.90. The summed E-state index contributed by atoms with van der Waals surface area (Å²) >= 11 is 3.40. The summed E-state index contributed by atoms with van der Waals surface area (Å²) in [6, 6.07) is 14.0. The molecule has 0 aromatic heterocycles. The van der Waals surface area contributed by atoms with E-state index in [4.69, 9.17) is 0 Å². The zero-order valence-corrected chi connectivity index (χ0v) is 14.2. The molecule has 2 aromatic carbocycles. The first kappa shape index (κ1) is 15.8. The Balaban J connectivity index is 2.14. The van der Waals surface area contributed by atoms with Gasteiger partial charge in [-0.05, 0) is 41.7 Å². The maximum atomic E-state index is 12.3. The molecule has 2 nitrogen and oxygen atoms in total. The normalized spacial score (nSPS) is 10.7. The zero-order valence-electron chi connectivity index (χ0n) is 12.6. The zero-order chi connectivity index (χ0) is 15.4. The van der Waals surface area contributed by atoms with Crippen LogP contribution in [0, 0.1) is 6.92 Å². The Labute approximate surface area is 134 Å². The van der Waals surface area contributed by atoms with Crippen molar-refractivity contribution in [3.63, 3.8) is 0 Å². The molecule has 110 valence electrons. The van der Waals surface area contributed by atoms with E-state index in [1.165, 1.54) is 5.56 Å². The molecule has 0 atom stereocenters. The van der Waals surface area contributed by atoms with E-state index in [-0.39, 0.29) is 5.91 Å². The summed E-state index contributed by atoms with van der Waals surface area (Å²) in [6.07, 6.45) is 0.388. The minimum atomic E-state index is 0.0218. The van der Waals surface area contributed by atoms with Crippen LogP contribution in [0.15, 0.2) is 46.9 Å². The van der Waals surface area contributed by atoms with Gasteiger partial charge in [0.1, 0.15) is 0 Å². The lowest BCUT2D eigenvalue weighted by atomic mass is 9.98. The highest BCUT2D eigenvalue weighted by molar-refractivity contribution is 9.10. The molecule has 0 unspecified atom stereocenters. The molecule has 0 radical (unpaired) electrons. The van der Waals surface area contributed by atoms with Gasteiger partial charge in [0.15, 0.2) is 0 Å².